The average molecular weight is 118 g/mol. The van der Waals surface area contributed by atoms with Crippen LogP contribution in [0, 0.1) is 0 Å². The van der Waals surface area contributed by atoms with Gasteiger partial charge in [-0.3, -0.25) is 0 Å². The lowest BCUT2D eigenvalue weighted by atomic mass is 10.2. The van der Waals surface area contributed by atoms with Crippen LogP contribution >= 0.6 is 0 Å². The van der Waals surface area contributed by atoms with Gasteiger partial charge in [0.25, 0.3) is 0 Å². The van der Waals surface area contributed by atoms with Crippen LogP contribution in [-0.4, -0.2) is 28.7 Å². The van der Waals surface area contributed by atoms with Crippen molar-refractivity contribution in [1.29, 1.82) is 0 Å². The fourth-order valence-corrected chi connectivity index (χ4v) is 0.754. The number of hydrogen-bond donors (Lipinski definition) is 2. The van der Waals surface area contributed by atoms with Crippen LogP contribution < -0.4 is 0 Å². The van der Waals surface area contributed by atoms with Crippen molar-refractivity contribution in [3.63, 3.8) is 0 Å². The summed E-state index contributed by atoms with van der Waals surface area (Å²) in [6, 6.07) is 0. The van der Waals surface area contributed by atoms with Gasteiger partial charge in [0.2, 0.25) is 5.79 Å². The third-order valence-electron chi connectivity index (χ3n) is 1.39. The zero-order valence-electron chi connectivity index (χ0n) is 4.79. The van der Waals surface area contributed by atoms with E-state index < -0.39 is 5.79 Å². The smallest absolute Gasteiger partial charge is 0.216 e. The fourth-order valence-electron chi connectivity index (χ4n) is 0.754. The Labute approximate surface area is 47.9 Å². The first-order chi connectivity index (χ1) is 3.73. The van der Waals surface area contributed by atoms with Gasteiger partial charge in [-0.2, -0.15) is 0 Å². The molecule has 0 spiro atoms. The number of rotatable bonds is 2. The second-order valence-electron chi connectivity index (χ2n) is 2.02. The number of epoxide rings is 1. The highest BCUT2D eigenvalue weighted by Crippen LogP contribution is 2.34. The van der Waals surface area contributed by atoms with E-state index >= 15 is 0 Å². The summed E-state index contributed by atoms with van der Waals surface area (Å²) in [7, 11) is 0. The first-order valence-corrected chi connectivity index (χ1v) is 2.74. The van der Waals surface area contributed by atoms with Crippen molar-refractivity contribution in [2.75, 3.05) is 6.61 Å². The summed E-state index contributed by atoms with van der Waals surface area (Å²) >= 11 is 0. The van der Waals surface area contributed by atoms with Crippen LogP contribution in [0.4, 0.5) is 0 Å². The summed E-state index contributed by atoms with van der Waals surface area (Å²) in [5.74, 6) is -1.19. The van der Waals surface area contributed by atoms with Gasteiger partial charge in [-0.25, -0.2) is 0 Å². The second kappa shape index (κ2) is 1.69. The number of ether oxygens (including phenoxy) is 1. The molecule has 3 heteroatoms. The van der Waals surface area contributed by atoms with E-state index in [1.54, 1.807) is 0 Å². The van der Waals surface area contributed by atoms with Crippen molar-refractivity contribution in [2.45, 2.75) is 25.2 Å². The van der Waals surface area contributed by atoms with Gasteiger partial charge < -0.3 is 14.9 Å². The highest BCUT2D eigenvalue weighted by Gasteiger charge is 2.53. The van der Waals surface area contributed by atoms with Crippen LogP contribution in [0.25, 0.3) is 0 Å². The molecule has 1 heterocycles. The van der Waals surface area contributed by atoms with Crippen molar-refractivity contribution in [2.24, 2.45) is 0 Å². The Balaban J connectivity index is 2.31. The maximum atomic E-state index is 8.93. The molecule has 2 atom stereocenters. The van der Waals surface area contributed by atoms with Crippen molar-refractivity contribution in [1.82, 2.24) is 0 Å². The third kappa shape index (κ3) is 0.727. The molecule has 3 nitrogen and oxygen atoms in total. The van der Waals surface area contributed by atoms with E-state index in [0.717, 1.165) is 6.42 Å². The molecule has 2 N–H and O–H groups in total. The van der Waals surface area contributed by atoms with E-state index in [4.69, 9.17) is 14.9 Å². The minimum Gasteiger partial charge on any atom is -0.391 e. The molecule has 0 aromatic rings. The molecule has 1 rings (SSSR count). The van der Waals surface area contributed by atoms with Crippen molar-refractivity contribution in [3.8, 4) is 0 Å². The maximum absolute atomic E-state index is 8.93. The van der Waals surface area contributed by atoms with Gasteiger partial charge in [0, 0.05) is 0 Å². The highest BCUT2D eigenvalue weighted by molar-refractivity contribution is 4.90. The standard InChI is InChI=1S/C5H10O3/c1-2-4-5(7,3-6)8-4/h4,6-7H,2-3H2,1H3. The molecule has 1 fully saturated rings. The lowest BCUT2D eigenvalue weighted by molar-refractivity contribution is -0.0132. The average Bonchev–Trinajstić information content (AvgIpc) is 2.44. The molecule has 0 aromatic heterocycles. The Kier molecular flexibility index (Phi) is 1.27. The first kappa shape index (κ1) is 6.01. The predicted molar refractivity (Wildman–Crippen MR) is 27.2 cm³/mol. The maximum Gasteiger partial charge on any atom is 0.216 e. The van der Waals surface area contributed by atoms with Gasteiger partial charge in [-0.1, -0.05) is 6.92 Å². The van der Waals surface area contributed by atoms with Gasteiger partial charge in [0.1, 0.15) is 6.10 Å². The van der Waals surface area contributed by atoms with Crippen LogP contribution in [0.15, 0.2) is 0 Å². The molecule has 0 aromatic carbocycles. The first-order valence-electron chi connectivity index (χ1n) is 2.74. The SMILES string of the molecule is CCC1OC1(O)CO. The zero-order valence-corrected chi connectivity index (χ0v) is 4.79. The molecular formula is C5H10O3. The van der Waals surface area contributed by atoms with E-state index in [0.29, 0.717) is 0 Å². The van der Waals surface area contributed by atoms with Crippen LogP contribution in [0.1, 0.15) is 13.3 Å². The molecular weight excluding hydrogens is 108 g/mol. The van der Waals surface area contributed by atoms with E-state index in [-0.39, 0.29) is 12.7 Å². The molecule has 48 valence electrons. The van der Waals surface area contributed by atoms with Crippen LogP contribution in [0.5, 0.6) is 0 Å². The van der Waals surface area contributed by atoms with Crippen LogP contribution in [-0.2, 0) is 4.74 Å². The molecule has 0 aliphatic carbocycles. The Morgan fingerprint density at radius 3 is 2.50 bits per heavy atom. The summed E-state index contributed by atoms with van der Waals surface area (Å²) in [6.45, 7) is 1.61. The highest BCUT2D eigenvalue weighted by atomic mass is 16.7. The minimum absolute atomic E-state index is 0.132. The lowest BCUT2D eigenvalue weighted by Gasteiger charge is -1.95. The van der Waals surface area contributed by atoms with E-state index in [1.165, 1.54) is 0 Å². The van der Waals surface area contributed by atoms with Crippen molar-refractivity contribution in [3.05, 3.63) is 0 Å². The molecule has 0 bridgehead atoms. The number of aliphatic hydroxyl groups excluding tert-OH is 1. The lowest BCUT2D eigenvalue weighted by Crippen LogP contribution is -2.18. The molecule has 0 saturated carbocycles. The van der Waals surface area contributed by atoms with Crippen LogP contribution in [0.2, 0.25) is 0 Å². The number of hydrogen-bond acceptors (Lipinski definition) is 3. The molecule has 8 heavy (non-hydrogen) atoms. The fraction of sp³-hybridized carbons (Fsp3) is 1.00. The van der Waals surface area contributed by atoms with Gasteiger partial charge in [-0.15, -0.1) is 0 Å². The Hall–Kier alpha value is -0.120. The topological polar surface area (TPSA) is 53.0 Å². The normalized spacial score (nSPS) is 44.6. The third-order valence-corrected chi connectivity index (χ3v) is 1.39. The predicted octanol–water partition coefficient (Wildman–Crippen LogP) is -0.524. The quantitative estimate of drug-likeness (QED) is 0.479. The van der Waals surface area contributed by atoms with Gasteiger partial charge in [0.15, 0.2) is 0 Å². The second-order valence-corrected chi connectivity index (χ2v) is 2.02. The summed E-state index contributed by atoms with van der Waals surface area (Å²) in [6.07, 6.45) is 0.629. The van der Waals surface area contributed by atoms with Crippen molar-refractivity contribution < 1.29 is 14.9 Å². The zero-order chi connectivity index (χ0) is 6.20. The molecule has 1 aliphatic heterocycles. The van der Waals surface area contributed by atoms with Gasteiger partial charge in [-0.05, 0) is 6.42 Å². The summed E-state index contributed by atoms with van der Waals surface area (Å²) in [5.41, 5.74) is 0. The molecule has 1 saturated heterocycles. The molecule has 0 radical (unpaired) electrons. The van der Waals surface area contributed by atoms with Crippen molar-refractivity contribution >= 4 is 0 Å². The summed E-state index contributed by atoms with van der Waals surface area (Å²) in [4.78, 5) is 0. The Bertz CT molecular complexity index is 93.7. The van der Waals surface area contributed by atoms with Gasteiger partial charge >= 0.3 is 0 Å². The summed E-state index contributed by atoms with van der Waals surface area (Å²) < 4.78 is 4.71. The molecule has 0 amide bonds. The minimum atomic E-state index is -1.19. The van der Waals surface area contributed by atoms with E-state index in [9.17, 15) is 0 Å². The Morgan fingerprint density at radius 2 is 2.38 bits per heavy atom. The van der Waals surface area contributed by atoms with Crippen LogP contribution in [0.3, 0.4) is 0 Å². The largest absolute Gasteiger partial charge is 0.391 e. The van der Waals surface area contributed by atoms with Gasteiger partial charge in [0.05, 0.1) is 6.61 Å². The van der Waals surface area contributed by atoms with E-state index in [2.05, 4.69) is 0 Å². The van der Waals surface area contributed by atoms with E-state index in [1.807, 2.05) is 6.92 Å². The number of aliphatic hydroxyl groups is 2. The molecule has 2 unspecified atom stereocenters. The monoisotopic (exact) mass is 118 g/mol. The molecule has 1 aliphatic rings. The Morgan fingerprint density at radius 1 is 1.75 bits per heavy atom. The summed E-state index contributed by atoms with van der Waals surface area (Å²) in [5, 5.41) is 17.3.